The van der Waals surface area contributed by atoms with Crippen molar-refractivity contribution in [1.29, 1.82) is 0 Å². The molecule has 1 aliphatic rings. The minimum absolute atomic E-state index is 0.00921. The summed E-state index contributed by atoms with van der Waals surface area (Å²) in [5.74, 6) is -0.115. The van der Waals surface area contributed by atoms with Crippen LogP contribution in [0.15, 0.2) is 80.9 Å². The largest absolute Gasteiger partial charge is 0.503 e. The van der Waals surface area contributed by atoms with Gasteiger partial charge in [0.05, 0.1) is 31.6 Å². The second kappa shape index (κ2) is 13.0. The average molecular weight is 626 g/mol. The molecule has 0 saturated carbocycles. The number of methoxy groups -OCH3 is 1. The minimum atomic E-state index is -1.02. The summed E-state index contributed by atoms with van der Waals surface area (Å²) in [7, 11) is 1.52. The number of Topliss-reactive ketones (excluding diaryl/α,β-unsaturated/α-hetero) is 1. The van der Waals surface area contributed by atoms with Crippen molar-refractivity contribution in [3.8, 4) is 11.5 Å². The van der Waals surface area contributed by atoms with E-state index in [1.165, 1.54) is 47.4 Å². The van der Waals surface area contributed by atoms with Crippen LogP contribution in [-0.2, 0) is 10.5 Å². The quantitative estimate of drug-likeness (QED) is 0.0984. The van der Waals surface area contributed by atoms with E-state index in [0.29, 0.717) is 44.7 Å². The number of thioether (sulfide) groups is 1. The summed E-state index contributed by atoms with van der Waals surface area (Å²) in [6.07, 6.45) is 2.22. The van der Waals surface area contributed by atoms with Crippen LogP contribution in [0.25, 0.3) is 0 Å². The first-order valence-corrected chi connectivity index (χ1v) is 15.3. The van der Waals surface area contributed by atoms with E-state index in [-0.39, 0.29) is 16.5 Å². The molecule has 0 saturated heterocycles. The lowest BCUT2D eigenvalue weighted by Gasteiger charge is -2.24. The number of furan rings is 1. The zero-order chi connectivity index (χ0) is 29.8. The highest BCUT2D eigenvalue weighted by Crippen LogP contribution is 2.45. The Morgan fingerprint density at radius 1 is 1.17 bits per heavy atom. The van der Waals surface area contributed by atoms with Crippen LogP contribution in [0, 0.1) is 5.92 Å². The van der Waals surface area contributed by atoms with Gasteiger partial charge in [0, 0.05) is 10.8 Å². The fraction of sp³-hybridized carbons (Fsp3) is 0.267. The van der Waals surface area contributed by atoms with Gasteiger partial charge in [0.15, 0.2) is 27.4 Å². The first kappa shape index (κ1) is 29.7. The predicted octanol–water partition coefficient (Wildman–Crippen LogP) is 7.29. The van der Waals surface area contributed by atoms with Crippen LogP contribution >= 0.6 is 34.7 Å². The zero-order valence-corrected chi connectivity index (χ0v) is 25.5. The average Bonchev–Trinajstić information content (AvgIpc) is 3.73. The molecule has 5 rings (SSSR count). The van der Waals surface area contributed by atoms with E-state index in [9.17, 15) is 14.7 Å². The number of benzene rings is 2. The molecule has 1 atom stereocenters. The summed E-state index contributed by atoms with van der Waals surface area (Å²) in [4.78, 5) is 28.4. The van der Waals surface area contributed by atoms with Crippen LogP contribution in [0.4, 0.5) is 5.13 Å². The van der Waals surface area contributed by atoms with Crippen LogP contribution < -0.4 is 14.4 Å². The summed E-state index contributed by atoms with van der Waals surface area (Å²) in [6, 6.07) is 14.7. The number of aliphatic hydroxyl groups is 1. The number of hydrogen-bond donors (Lipinski definition) is 1. The molecule has 0 spiro atoms. The highest BCUT2D eigenvalue weighted by atomic mass is 35.5. The molecule has 0 radical (unpaired) electrons. The fourth-order valence-electron chi connectivity index (χ4n) is 4.38. The molecular formula is C30H28ClN3O6S2. The van der Waals surface area contributed by atoms with Crippen LogP contribution in [0.5, 0.6) is 11.5 Å². The Hall–Kier alpha value is -3.80. The number of anilines is 1. The van der Waals surface area contributed by atoms with Gasteiger partial charge in [-0.3, -0.25) is 14.5 Å². The maximum atomic E-state index is 13.6. The van der Waals surface area contributed by atoms with E-state index in [0.717, 1.165) is 12.0 Å². The molecule has 0 bridgehead atoms. The van der Waals surface area contributed by atoms with Crippen molar-refractivity contribution in [2.75, 3.05) is 18.6 Å². The summed E-state index contributed by atoms with van der Waals surface area (Å²) < 4.78 is 17.5. The molecule has 0 aliphatic carbocycles. The monoisotopic (exact) mass is 625 g/mol. The SMILES string of the molecule is COc1cc(C2C(C(=O)c3ccco3)=C(O)C(=O)N2c2nnc(SCc3ccccc3Cl)s2)ccc1OCCC(C)C. The number of amides is 1. The number of ether oxygens (including phenoxy) is 2. The molecule has 1 aliphatic heterocycles. The number of hydrogen-bond acceptors (Lipinski definition) is 10. The third-order valence-corrected chi connectivity index (χ3v) is 9.04. The normalized spacial score (nSPS) is 15.1. The number of rotatable bonds is 12. The summed E-state index contributed by atoms with van der Waals surface area (Å²) >= 11 is 8.88. The third kappa shape index (κ3) is 6.18. The Morgan fingerprint density at radius 2 is 1.98 bits per heavy atom. The van der Waals surface area contributed by atoms with Gasteiger partial charge < -0.3 is 19.0 Å². The van der Waals surface area contributed by atoms with Crippen molar-refractivity contribution in [2.24, 2.45) is 5.92 Å². The number of halogens is 1. The summed E-state index contributed by atoms with van der Waals surface area (Å²) in [6.45, 7) is 4.73. The van der Waals surface area contributed by atoms with Crippen molar-refractivity contribution >= 4 is 51.5 Å². The molecule has 9 nitrogen and oxygen atoms in total. The number of aromatic nitrogens is 2. The first-order chi connectivity index (χ1) is 20.3. The van der Waals surface area contributed by atoms with Crippen LogP contribution in [0.1, 0.15) is 48.0 Å². The first-order valence-electron chi connectivity index (χ1n) is 13.1. The van der Waals surface area contributed by atoms with Crippen molar-refractivity contribution in [2.45, 2.75) is 36.4 Å². The molecule has 0 fully saturated rings. The lowest BCUT2D eigenvalue weighted by molar-refractivity contribution is -0.117. The molecular weight excluding hydrogens is 598 g/mol. The lowest BCUT2D eigenvalue weighted by atomic mass is 9.95. The Morgan fingerprint density at radius 3 is 2.69 bits per heavy atom. The number of aliphatic hydroxyl groups excluding tert-OH is 1. The zero-order valence-electron chi connectivity index (χ0n) is 23.1. The number of ketones is 1. The Bertz CT molecular complexity index is 1620. The minimum Gasteiger partial charge on any atom is -0.503 e. The highest BCUT2D eigenvalue weighted by molar-refractivity contribution is 8.00. The predicted molar refractivity (Wildman–Crippen MR) is 162 cm³/mol. The standard InChI is InChI=1S/C30H28ClN3O6S2/c1-17(2)12-14-40-21-11-10-18(15-23(21)38-3)25-24(26(35)22-9-6-13-39-22)27(36)28(37)34(25)29-32-33-30(42-29)41-16-19-7-4-5-8-20(19)31/h4-11,13,15,17,25,36H,12,14,16H2,1-3H3. The second-order valence-corrected chi connectivity index (χ2v) is 12.4. The van der Waals surface area contributed by atoms with Crippen molar-refractivity contribution in [3.63, 3.8) is 0 Å². The molecule has 12 heteroatoms. The molecule has 4 aromatic rings. The topological polar surface area (TPSA) is 115 Å². The summed E-state index contributed by atoms with van der Waals surface area (Å²) in [5.41, 5.74) is 1.31. The van der Waals surface area contributed by atoms with E-state index in [1.54, 1.807) is 24.3 Å². The summed E-state index contributed by atoms with van der Waals surface area (Å²) in [5, 5.41) is 20.4. The van der Waals surface area contributed by atoms with Crippen LogP contribution in [0.3, 0.4) is 0 Å². The molecule has 1 N–H and O–H groups in total. The van der Waals surface area contributed by atoms with Crippen molar-refractivity contribution < 1.29 is 28.6 Å². The van der Waals surface area contributed by atoms with E-state index in [4.69, 9.17) is 25.5 Å². The maximum Gasteiger partial charge on any atom is 0.296 e. The second-order valence-electron chi connectivity index (χ2n) is 9.82. The Labute approximate surface area is 256 Å². The van der Waals surface area contributed by atoms with E-state index >= 15 is 0 Å². The molecule has 1 amide bonds. The van der Waals surface area contributed by atoms with Gasteiger partial charge in [0.25, 0.3) is 5.91 Å². The van der Waals surface area contributed by atoms with Crippen LogP contribution in [0.2, 0.25) is 5.02 Å². The van der Waals surface area contributed by atoms with E-state index in [1.807, 2.05) is 24.3 Å². The maximum absolute atomic E-state index is 13.6. The van der Waals surface area contributed by atoms with Gasteiger partial charge >= 0.3 is 0 Å². The van der Waals surface area contributed by atoms with Gasteiger partial charge in [-0.25, -0.2) is 0 Å². The van der Waals surface area contributed by atoms with Crippen LogP contribution in [-0.4, -0.2) is 40.7 Å². The van der Waals surface area contributed by atoms with Gasteiger partial charge in [0.2, 0.25) is 10.9 Å². The molecule has 2 aromatic heterocycles. The fourth-order valence-corrected chi connectivity index (χ4v) is 6.53. The van der Waals surface area contributed by atoms with Gasteiger partial charge in [0.1, 0.15) is 0 Å². The lowest BCUT2D eigenvalue weighted by Crippen LogP contribution is -2.31. The molecule has 218 valence electrons. The van der Waals surface area contributed by atoms with Gasteiger partial charge in [-0.05, 0) is 53.8 Å². The number of carbonyl (C=O) groups excluding carboxylic acids is 2. The Kier molecular flexibility index (Phi) is 9.20. The van der Waals surface area contributed by atoms with Gasteiger partial charge in [-0.1, -0.05) is 72.8 Å². The number of carbonyl (C=O) groups is 2. The smallest absolute Gasteiger partial charge is 0.296 e. The highest BCUT2D eigenvalue weighted by Gasteiger charge is 2.47. The molecule has 3 heterocycles. The van der Waals surface area contributed by atoms with Crippen molar-refractivity contribution in [3.05, 3.63) is 94.1 Å². The molecule has 2 aromatic carbocycles. The Balaban J connectivity index is 1.50. The van der Waals surface area contributed by atoms with Gasteiger partial charge in [-0.15, -0.1) is 10.2 Å². The van der Waals surface area contributed by atoms with E-state index < -0.39 is 23.5 Å². The van der Waals surface area contributed by atoms with Gasteiger partial charge in [-0.2, -0.15) is 0 Å². The number of nitrogens with zero attached hydrogens (tertiary/aromatic N) is 3. The molecule has 1 unspecified atom stereocenters. The molecule has 42 heavy (non-hydrogen) atoms. The van der Waals surface area contributed by atoms with E-state index in [2.05, 4.69) is 24.0 Å². The van der Waals surface area contributed by atoms with Crippen molar-refractivity contribution in [1.82, 2.24) is 10.2 Å². The third-order valence-electron chi connectivity index (χ3n) is 6.56.